The zero-order valence-corrected chi connectivity index (χ0v) is 8.58. The fourth-order valence-electron chi connectivity index (χ4n) is 1.58. The van der Waals surface area contributed by atoms with E-state index in [-0.39, 0.29) is 5.91 Å². The second-order valence-corrected chi connectivity index (χ2v) is 3.38. The molecule has 1 aliphatic rings. The normalized spacial score (nSPS) is 15.3. The zero-order chi connectivity index (χ0) is 10.7. The van der Waals surface area contributed by atoms with Crippen LogP contribution in [0.3, 0.4) is 0 Å². The third-order valence-electron chi connectivity index (χ3n) is 2.40. The minimum absolute atomic E-state index is 0.00847. The number of pyridine rings is 1. The molecule has 15 heavy (non-hydrogen) atoms. The van der Waals surface area contributed by atoms with Gasteiger partial charge in [0.1, 0.15) is 0 Å². The summed E-state index contributed by atoms with van der Waals surface area (Å²) < 4.78 is 0. The first kappa shape index (κ1) is 9.71. The maximum absolute atomic E-state index is 11.0. The molecule has 1 amide bonds. The van der Waals surface area contributed by atoms with Gasteiger partial charge in [0.15, 0.2) is 0 Å². The number of hydrogen-bond acceptors (Lipinski definition) is 3. The first-order valence-electron chi connectivity index (χ1n) is 4.99. The Morgan fingerprint density at radius 2 is 2.33 bits per heavy atom. The first-order chi connectivity index (χ1) is 7.31. The SMILES string of the molecule is CCc1cnccc1C1=CCC(=O)NN1. The smallest absolute Gasteiger partial charge is 0.242 e. The van der Waals surface area contributed by atoms with Gasteiger partial charge < -0.3 is 0 Å². The van der Waals surface area contributed by atoms with Gasteiger partial charge in [-0.15, -0.1) is 0 Å². The van der Waals surface area contributed by atoms with Crippen LogP contribution in [0.5, 0.6) is 0 Å². The highest BCUT2D eigenvalue weighted by atomic mass is 16.2. The third kappa shape index (κ3) is 1.98. The van der Waals surface area contributed by atoms with Gasteiger partial charge in [0.05, 0.1) is 5.70 Å². The van der Waals surface area contributed by atoms with Crippen molar-refractivity contribution < 1.29 is 4.79 Å². The van der Waals surface area contributed by atoms with Crippen molar-refractivity contribution in [2.45, 2.75) is 19.8 Å². The summed E-state index contributed by atoms with van der Waals surface area (Å²) in [5, 5.41) is 0. The second-order valence-electron chi connectivity index (χ2n) is 3.38. The highest BCUT2D eigenvalue weighted by Gasteiger charge is 2.12. The third-order valence-corrected chi connectivity index (χ3v) is 2.40. The van der Waals surface area contributed by atoms with E-state index in [1.54, 1.807) is 6.20 Å². The number of carbonyl (C=O) groups is 1. The molecule has 0 aromatic carbocycles. The van der Waals surface area contributed by atoms with Gasteiger partial charge in [-0.3, -0.25) is 20.6 Å². The standard InChI is InChI=1S/C11H13N3O/c1-2-8-7-12-6-5-9(8)10-3-4-11(15)14-13-10/h3,5-7,13H,2,4H2,1H3,(H,14,15). The molecule has 4 heteroatoms. The van der Waals surface area contributed by atoms with Gasteiger partial charge in [0, 0.05) is 24.4 Å². The summed E-state index contributed by atoms with van der Waals surface area (Å²) in [5.74, 6) is -0.00847. The van der Waals surface area contributed by atoms with Crippen molar-refractivity contribution in [1.29, 1.82) is 0 Å². The van der Waals surface area contributed by atoms with Gasteiger partial charge in [-0.05, 0) is 24.1 Å². The molecule has 1 aliphatic heterocycles. The number of nitrogens with zero attached hydrogens (tertiary/aromatic N) is 1. The lowest BCUT2D eigenvalue weighted by molar-refractivity contribution is -0.121. The molecule has 0 unspecified atom stereocenters. The highest BCUT2D eigenvalue weighted by Crippen LogP contribution is 2.18. The number of rotatable bonds is 2. The minimum Gasteiger partial charge on any atom is -0.298 e. The molecule has 0 saturated heterocycles. The first-order valence-corrected chi connectivity index (χ1v) is 4.99. The molecule has 78 valence electrons. The number of carbonyl (C=O) groups excluding carboxylic acids is 1. The summed E-state index contributed by atoms with van der Waals surface area (Å²) in [6.07, 6.45) is 6.86. The molecule has 0 atom stereocenters. The summed E-state index contributed by atoms with van der Waals surface area (Å²) in [4.78, 5) is 15.0. The van der Waals surface area contributed by atoms with Gasteiger partial charge in [0.2, 0.25) is 5.91 Å². The number of aromatic nitrogens is 1. The van der Waals surface area contributed by atoms with Crippen LogP contribution >= 0.6 is 0 Å². The van der Waals surface area contributed by atoms with Gasteiger partial charge in [-0.25, -0.2) is 0 Å². The molecule has 0 spiro atoms. The molecule has 2 N–H and O–H groups in total. The average Bonchev–Trinajstić information content (AvgIpc) is 2.30. The van der Waals surface area contributed by atoms with Crippen LogP contribution in [-0.2, 0) is 11.2 Å². The van der Waals surface area contributed by atoms with E-state index in [4.69, 9.17) is 0 Å². The number of amides is 1. The Morgan fingerprint density at radius 3 is 3.00 bits per heavy atom. The predicted octanol–water partition coefficient (Wildman–Crippen LogP) is 1.01. The highest BCUT2D eigenvalue weighted by molar-refractivity contribution is 5.83. The van der Waals surface area contributed by atoms with Crippen LogP contribution in [-0.4, -0.2) is 10.9 Å². The monoisotopic (exact) mass is 203 g/mol. The van der Waals surface area contributed by atoms with Crippen molar-refractivity contribution in [3.63, 3.8) is 0 Å². The van der Waals surface area contributed by atoms with E-state index in [1.165, 1.54) is 5.56 Å². The van der Waals surface area contributed by atoms with Crippen LogP contribution in [0.15, 0.2) is 24.5 Å². The molecule has 0 bridgehead atoms. The average molecular weight is 203 g/mol. The van der Waals surface area contributed by atoms with E-state index in [0.29, 0.717) is 6.42 Å². The van der Waals surface area contributed by atoms with E-state index >= 15 is 0 Å². The number of hydrazine groups is 1. The lowest BCUT2D eigenvalue weighted by atomic mass is 10.0. The molecule has 0 fully saturated rings. The summed E-state index contributed by atoms with van der Waals surface area (Å²) >= 11 is 0. The van der Waals surface area contributed by atoms with E-state index in [9.17, 15) is 4.79 Å². The quantitative estimate of drug-likeness (QED) is 0.754. The molecule has 0 aliphatic carbocycles. The lowest BCUT2D eigenvalue weighted by Crippen LogP contribution is -2.39. The molecular weight excluding hydrogens is 190 g/mol. The zero-order valence-electron chi connectivity index (χ0n) is 8.58. The van der Waals surface area contributed by atoms with Crippen molar-refractivity contribution >= 4 is 11.6 Å². The number of nitrogens with one attached hydrogen (secondary N) is 2. The van der Waals surface area contributed by atoms with Crippen LogP contribution in [0.1, 0.15) is 24.5 Å². The molecule has 2 rings (SSSR count). The Balaban J connectivity index is 2.33. The Bertz CT molecular complexity index is 412. The van der Waals surface area contributed by atoms with E-state index in [2.05, 4.69) is 22.8 Å². The van der Waals surface area contributed by atoms with Crippen LogP contribution in [0, 0.1) is 0 Å². The predicted molar refractivity (Wildman–Crippen MR) is 57.5 cm³/mol. The topological polar surface area (TPSA) is 54.0 Å². The maximum Gasteiger partial charge on any atom is 0.242 e. The van der Waals surface area contributed by atoms with Crippen LogP contribution in [0.25, 0.3) is 5.70 Å². The summed E-state index contributed by atoms with van der Waals surface area (Å²) in [7, 11) is 0. The van der Waals surface area contributed by atoms with Crippen molar-refractivity contribution in [2.75, 3.05) is 0 Å². The Hall–Kier alpha value is -1.84. The Labute approximate surface area is 88.4 Å². The van der Waals surface area contributed by atoms with Crippen molar-refractivity contribution in [3.05, 3.63) is 35.7 Å². The van der Waals surface area contributed by atoms with Crippen molar-refractivity contribution in [3.8, 4) is 0 Å². The number of hydrogen-bond donors (Lipinski definition) is 2. The number of aryl methyl sites for hydroxylation is 1. The van der Waals surface area contributed by atoms with E-state index < -0.39 is 0 Å². The lowest BCUT2D eigenvalue weighted by Gasteiger charge is -2.18. The van der Waals surface area contributed by atoms with Gasteiger partial charge in [-0.2, -0.15) is 0 Å². The van der Waals surface area contributed by atoms with Crippen molar-refractivity contribution in [2.24, 2.45) is 0 Å². The Kier molecular flexibility index (Phi) is 2.67. The molecule has 1 aromatic rings. The molecule has 4 nitrogen and oxygen atoms in total. The van der Waals surface area contributed by atoms with Gasteiger partial charge in [-0.1, -0.05) is 6.92 Å². The molecule has 0 radical (unpaired) electrons. The van der Waals surface area contributed by atoms with Crippen LogP contribution in [0.2, 0.25) is 0 Å². The summed E-state index contributed by atoms with van der Waals surface area (Å²) in [6.45, 7) is 2.09. The van der Waals surface area contributed by atoms with Crippen LogP contribution < -0.4 is 10.9 Å². The minimum atomic E-state index is -0.00847. The molecular formula is C11H13N3O. The van der Waals surface area contributed by atoms with Crippen molar-refractivity contribution in [1.82, 2.24) is 15.8 Å². The van der Waals surface area contributed by atoms with Crippen LogP contribution in [0.4, 0.5) is 0 Å². The maximum atomic E-state index is 11.0. The summed E-state index contributed by atoms with van der Waals surface area (Å²) in [5.41, 5.74) is 8.73. The van der Waals surface area contributed by atoms with Gasteiger partial charge in [0.25, 0.3) is 0 Å². The van der Waals surface area contributed by atoms with E-state index in [0.717, 1.165) is 17.7 Å². The molecule has 1 aromatic heterocycles. The molecule has 2 heterocycles. The second kappa shape index (κ2) is 4.13. The van der Waals surface area contributed by atoms with Gasteiger partial charge >= 0.3 is 0 Å². The summed E-state index contributed by atoms with van der Waals surface area (Å²) in [6, 6.07) is 1.95. The largest absolute Gasteiger partial charge is 0.298 e. The Morgan fingerprint density at radius 1 is 1.47 bits per heavy atom. The molecule has 0 saturated carbocycles. The fourth-order valence-corrected chi connectivity index (χ4v) is 1.58. The van der Waals surface area contributed by atoms with E-state index in [1.807, 2.05) is 18.3 Å². The fraction of sp³-hybridized carbons (Fsp3) is 0.273.